The first-order valence-electron chi connectivity index (χ1n) is 13.4. The first-order chi connectivity index (χ1) is 19.1. The van der Waals surface area contributed by atoms with Crippen LogP contribution in [0.1, 0.15) is 31.9 Å². The molecule has 0 saturated carbocycles. The summed E-state index contributed by atoms with van der Waals surface area (Å²) >= 11 is 0. The van der Waals surface area contributed by atoms with Crippen molar-refractivity contribution in [2.45, 2.75) is 39.8 Å². The number of hydrogen-bond acceptors (Lipinski definition) is 5. The molecular weight excluding hydrogens is 526 g/mol. The second kappa shape index (κ2) is 14.5. The van der Waals surface area contributed by atoms with Gasteiger partial charge in [-0.2, -0.15) is 0 Å². The molecule has 0 aliphatic rings. The minimum atomic E-state index is -3.83. The molecule has 3 rings (SSSR count). The Morgan fingerprint density at radius 3 is 1.98 bits per heavy atom. The van der Waals surface area contributed by atoms with E-state index in [4.69, 9.17) is 4.74 Å². The van der Waals surface area contributed by atoms with E-state index < -0.39 is 28.5 Å². The molecule has 3 aromatic carbocycles. The summed E-state index contributed by atoms with van der Waals surface area (Å²) in [5.74, 6) is 0.0547. The van der Waals surface area contributed by atoms with Crippen LogP contribution in [0.4, 0.5) is 5.69 Å². The van der Waals surface area contributed by atoms with E-state index in [0.717, 1.165) is 21.7 Å². The summed E-state index contributed by atoms with van der Waals surface area (Å²) < 4.78 is 32.3. The van der Waals surface area contributed by atoms with Crippen molar-refractivity contribution in [3.05, 3.63) is 96.1 Å². The topological polar surface area (TPSA) is 96.0 Å². The largest absolute Gasteiger partial charge is 0.494 e. The van der Waals surface area contributed by atoms with Crippen molar-refractivity contribution in [2.75, 3.05) is 30.3 Å². The Labute approximate surface area is 238 Å². The molecule has 0 aliphatic heterocycles. The molecule has 1 unspecified atom stereocenters. The van der Waals surface area contributed by atoms with Crippen LogP contribution in [0, 0.1) is 5.92 Å². The van der Waals surface area contributed by atoms with Crippen LogP contribution >= 0.6 is 0 Å². The quantitative estimate of drug-likeness (QED) is 0.315. The maximum absolute atomic E-state index is 14.0. The van der Waals surface area contributed by atoms with Crippen molar-refractivity contribution in [3.63, 3.8) is 0 Å². The smallest absolute Gasteiger partial charge is 0.244 e. The van der Waals surface area contributed by atoms with Gasteiger partial charge in [0.25, 0.3) is 0 Å². The lowest BCUT2D eigenvalue weighted by Crippen LogP contribution is -2.53. The molecule has 8 nitrogen and oxygen atoms in total. The van der Waals surface area contributed by atoms with Gasteiger partial charge in [-0.1, -0.05) is 74.5 Å². The number of rotatable bonds is 14. The maximum Gasteiger partial charge on any atom is 0.244 e. The summed E-state index contributed by atoms with van der Waals surface area (Å²) in [6.07, 6.45) is 1.35. The number of carbonyl (C=O) groups is 2. The average Bonchev–Trinajstić information content (AvgIpc) is 2.93. The molecule has 40 heavy (non-hydrogen) atoms. The number of amides is 2. The lowest BCUT2D eigenvalue weighted by Gasteiger charge is -2.33. The van der Waals surface area contributed by atoms with Crippen LogP contribution in [0.25, 0.3) is 0 Å². The minimum absolute atomic E-state index is 0.146. The molecule has 2 amide bonds. The highest BCUT2D eigenvalue weighted by molar-refractivity contribution is 7.92. The summed E-state index contributed by atoms with van der Waals surface area (Å²) in [4.78, 5) is 29.1. The lowest BCUT2D eigenvalue weighted by molar-refractivity contribution is -0.140. The van der Waals surface area contributed by atoms with Crippen molar-refractivity contribution >= 4 is 27.5 Å². The van der Waals surface area contributed by atoms with Gasteiger partial charge in [0.2, 0.25) is 21.8 Å². The molecule has 9 heteroatoms. The van der Waals surface area contributed by atoms with E-state index in [1.54, 1.807) is 24.3 Å². The number of anilines is 1. The summed E-state index contributed by atoms with van der Waals surface area (Å²) in [6.45, 7) is 6.48. The zero-order chi connectivity index (χ0) is 29.1. The predicted molar refractivity (Wildman–Crippen MR) is 159 cm³/mol. The number of ether oxygens (including phenoxy) is 1. The lowest BCUT2D eigenvalue weighted by atomic mass is 10.0. The molecule has 0 heterocycles. The zero-order valence-corrected chi connectivity index (χ0v) is 24.4. The third-order valence-electron chi connectivity index (χ3n) is 6.27. The van der Waals surface area contributed by atoms with Gasteiger partial charge in [0, 0.05) is 19.5 Å². The van der Waals surface area contributed by atoms with Crippen LogP contribution in [0.15, 0.2) is 84.9 Å². The predicted octanol–water partition coefficient (Wildman–Crippen LogP) is 4.26. The second-order valence-electron chi connectivity index (χ2n) is 10.0. The van der Waals surface area contributed by atoms with Crippen molar-refractivity contribution in [1.29, 1.82) is 0 Å². The summed E-state index contributed by atoms with van der Waals surface area (Å²) in [5.41, 5.74) is 2.06. The van der Waals surface area contributed by atoms with Gasteiger partial charge in [-0.05, 0) is 48.2 Å². The number of hydrogen-bond donors (Lipinski definition) is 1. The van der Waals surface area contributed by atoms with Gasteiger partial charge in [-0.15, -0.1) is 0 Å². The first-order valence-corrected chi connectivity index (χ1v) is 15.3. The Morgan fingerprint density at radius 1 is 0.875 bits per heavy atom. The molecule has 1 N–H and O–H groups in total. The monoisotopic (exact) mass is 565 g/mol. The standard InChI is InChI=1S/C31H39N3O5S/c1-5-39-28-18-16-27(17-19-28)34(40(4,37)38)23-30(35)33(22-26-14-10-7-11-15-26)29(31(36)32-21-24(2)3)20-25-12-8-6-9-13-25/h6-19,24,29H,5,20-23H2,1-4H3,(H,32,36). The van der Waals surface area contributed by atoms with E-state index in [1.165, 1.54) is 4.90 Å². The Kier molecular flexibility index (Phi) is 11.1. The van der Waals surface area contributed by atoms with Gasteiger partial charge in [0.15, 0.2) is 0 Å². The van der Waals surface area contributed by atoms with Crippen molar-refractivity contribution in [1.82, 2.24) is 10.2 Å². The van der Waals surface area contributed by atoms with E-state index >= 15 is 0 Å². The molecule has 0 radical (unpaired) electrons. The van der Waals surface area contributed by atoms with Crippen LogP contribution in [-0.4, -0.2) is 57.1 Å². The molecule has 1 atom stereocenters. The third-order valence-corrected chi connectivity index (χ3v) is 7.41. The van der Waals surface area contributed by atoms with Crippen LogP contribution in [-0.2, 0) is 32.6 Å². The fourth-order valence-corrected chi connectivity index (χ4v) is 5.10. The van der Waals surface area contributed by atoms with Crippen molar-refractivity contribution < 1.29 is 22.7 Å². The van der Waals surface area contributed by atoms with Gasteiger partial charge in [0.1, 0.15) is 18.3 Å². The van der Waals surface area contributed by atoms with E-state index in [9.17, 15) is 18.0 Å². The number of carbonyl (C=O) groups excluding carboxylic acids is 2. The molecule has 0 aliphatic carbocycles. The Hall–Kier alpha value is -3.85. The Bertz CT molecular complexity index is 1330. The van der Waals surface area contributed by atoms with E-state index in [-0.39, 0.29) is 24.8 Å². The Morgan fingerprint density at radius 2 is 1.45 bits per heavy atom. The van der Waals surface area contributed by atoms with E-state index in [2.05, 4.69) is 5.32 Å². The molecule has 0 spiro atoms. The Balaban J connectivity index is 2.00. The first kappa shape index (κ1) is 30.7. The van der Waals surface area contributed by atoms with Crippen molar-refractivity contribution in [2.24, 2.45) is 5.92 Å². The van der Waals surface area contributed by atoms with Crippen LogP contribution in [0.5, 0.6) is 5.75 Å². The molecule has 214 valence electrons. The molecule has 0 saturated heterocycles. The van der Waals surface area contributed by atoms with Gasteiger partial charge in [0.05, 0.1) is 18.6 Å². The number of sulfonamides is 1. The second-order valence-corrected chi connectivity index (χ2v) is 12.0. The van der Waals surface area contributed by atoms with Gasteiger partial charge >= 0.3 is 0 Å². The van der Waals surface area contributed by atoms with Gasteiger partial charge < -0.3 is 15.0 Å². The van der Waals surface area contributed by atoms with E-state index in [1.807, 2.05) is 81.4 Å². The highest BCUT2D eigenvalue weighted by atomic mass is 32.2. The number of nitrogens with zero attached hydrogens (tertiary/aromatic N) is 2. The maximum atomic E-state index is 14.0. The van der Waals surface area contributed by atoms with Gasteiger partial charge in [-0.3, -0.25) is 13.9 Å². The SMILES string of the molecule is CCOc1ccc(N(CC(=O)N(Cc2ccccc2)C(Cc2ccccc2)C(=O)NCC(C)C)S(C)(=O)=O)cc1. The van der Waals surface area contributed by atoms with Crippen LogP contribution in [0.3, 0.4) is 0 Å². The fraction of sp³-hybridized carbons (Fsp3) is 0.355. The van der Waals surface area contributed by atoms with Crippen molar-refractivity contribution in [3.8, 4) is 5.75 Å². The van der Waals surface area contributed by atoms with Crippen LogP contribution < -0.4 is 14.4 Å². The highest BCUT2D eigenvalue weighted by Gasteiger charge is 2.33. The third kappa shape index (κ3) is 9.12. The summed E-state index contributed by atoms with van der Waals surface area (Å²) in [5, 5.41) is 2.98. The molecule has 3 aromatic rings. The zero-order valence-electron chi connectivity index (χ0n) is 23.6. The molecule has 0 aromatic heterocycles. The normalized spacial score (nSPS) is 12.0. The number of benzene rings is 3. The number of nitrogens with one attached hydrogen (secondary N) is 1. The molecule has 0 bridgehead atoms. The summed E-state index contributed by atoms with van der Waals surface area (Å²) in [7, 11) is -3.83. The van der Waals surface area contributed by atoms with Crippen LogP contribution in [0.2, 0.25) is 0 Å². The van der Waals surface area contributed by atoms with E-state index in [0.29, 0.717) is 24.6 Å². The minimum Gasteiger partial charge on any atom is -0.494 e. The highest BCUT2D eigenvalue weighted by Crippen LogP contribution is 2.23. The van der Waals surface area contributed by atoms with Gasteiger partial charge in [-0.25, -0.2) is 8.42 Å². The fourth-order valence-electron chi connectivity index (χ4n) is 4.25. The molecular formula is C31H39N3O5S. The molecule has 0 fully saturated rings. The summed E-state index contributed by atoms with van der Waals surface area (Å²) in [6, 6.07) is 24.6. The average molecular weight is 566 g/mol.